The molecule has 0 N–H and O–H groups in total. The van der Waals surface area contributed by atoms with Crippen LogP contribution in [0.4, 0.5) is 0 Å². The standard InChI is InChI=1S/C15H20NO2.C5H5.Fe/c1-6-14(17)12-8-7-9-13(12)15(18)16(10(2)3)11(4)5;1-2-4-5-3-1;/h6-11H,1H2,2-5H3;1-5H;/q;;+2. The molecule has 0 bridgehead atoms. The first-order chi connectivity index (χ1) is 10.9. The number of ketones is 1. The second-order valence-electron chi connectivity index (χ2n) is 5.78. The van der Waals surface area contributed by atoms with E-state index in [-0.39, 0.29) is 40.8 Å². The van der Waals surface area contributed by atoms with Crippen LogP contribution in [0, 0.1) is 63.2 Å². The molecule has 0 spiro atoms. The summed E-state index contributed by atoms with van der Waals surface area (Å²) in [7, 11) is 0. The fourth-order valence-corrected chi connectivity index (χ4v) is 2.46. The zero-order valence-corrected chi connectivity index (χ0v) is 15.8. The van der Waals surface area contributed by atoms with Gasteiger partial charge in [0.15, 0.2) is 5.78 Å². The second kappa shape index (κ2) is 11.9. The summed E-state index contributed by atoms with van der Waals surface area (Å²) in [5.74, 6) is 0.578. The normalized spacial score (nSPS) is 18.1. The van der Waals surface area contributed by atoms with Crippen LogP contribution in [0.25, 0.3) is 0 Å². The molecule has 24 heavy (non-hydrogen) atoms. The van der Waals surface area contributed by atoms with E-state index < -0.39 is 0 Å². The molecule has 4 heteroatoms. The molecule has 0 heterocycles. The van der Waals surface area contributed by atoms with Crippen molar-refractivity contribution in [3.05, 3.63) is 75.9 Å². The van der Waals surface area contributed by atoms with Crippen molar-refractivity contribution in [1.82, 2.24) is 4.90 Å². The summed E-state index contributed by atoms with van der Waals surface area (Å²) >= 11 is 0. The van der Waals surface area contributed by atoms with E-state index in [1.54, 1.807) is 24.2 Å². The molecule has 10 radical (unpaired) electrons. The predicted octanol–water partition coefficient (Wildman–Crippen LogP) is 3.18. The van der Waals surface area contributed by atoms with Crippen molar-refractivity contribution in [3.8, 4) is 0 Å². The van der Waals surface area contributed by atoms with Crippen molar-refractivity contribution in [1.29, 1.82) is 0 Å². The molecule has 0 atom stereocenters. The molecule has 0 saturated heterocycles. The Morgan fingerprint density at radius 2 is 1.29 bits per heavy atom. The third kappa shape index (κ3) is 6.72. The number of amides is 1. The molecule has 0 aromatic rings. The van der Waals surface area contributed by atoms with Gasteiger partial charge in [-0.2, -0.15) is 0 Å². The van der Waals surface area contributed by atoms with Gasteiger partial charge in [0, 0.05) is 12.1 Å². The number of hydrogen-bond donors (Lipinski definition) is 0. The number of nitrogens with zero attached hydrogens (tertiary/aromatic N) is 1. The van der Waals surface area contributed by atoms with Crippen LogP contribution in [0.3, 0.4) is 0 Å². The molecular weight excluding hydrogens is 342 g/mol. The second-order valence-corrected chi connectivity index (χ2v) is 5.78. The molecule has 2 fully saturated rings. The molecule has 2 aliphatic carbocycles. The monoisotopic (exact) mass is 367 g/mol. The van der Waals surface area contributed by atoms with E-state index in [4.69, 9.17) is 0 Å². The van der Waals surface area contributed by atoms with Crippen LogP contribution in [0.5, 0.6) is 0 Å². The van der Waals surface area contributed by atoms with E-state index in [0.717, 1.165) is 0 Å². The zero-order valence-electron chi connectivity index (χ0n) is 14.7. The van der Waals surface area contributed by atoms with Gasteiger partial charge >= 0.3 is 17.1 Å². The van der Waals surface area contributed by atoms with Crippen LogP contribution in [0.2, 0.25) is 0 Å². The average Bonchev–Trinajstić information content (AvgIpc) is 3.19. The van der Waals surface area contributed by atoms with Gasteiger partial charge < -0.3 is 4.90 Å². The molecule has 2 aliphatic rings. The minimum atomic E-state index is -0.212. The maximum absolute atomic E-state index is 12.5. The van der Waals surface area contributed by atoms with Gasteiger partial charge in [0.2, 0.25) is 5.91 Å². The number of rotatable bonds is 5. The van der Waals surface area contributed by atoms with Gasteiger partial charge in [-0.3, -0.25) is 9.59 Å². The molecule has 0 aromatic heterocycles. The van der Waals surface area contributed by atoms with Crippen molar-refractivity contribution < 1.29 is 26.7 Å². The minimum absolute atomic E-state index is 0. The maximum atomic E-state index is 12.5. The van der Waals surface area contributed by atoms with E-state index in [0.29, 0.717) is 11.8 Å². The number of hydrogen-bond acceptors (Lipinski definition) is 2. The van der Waals surface area contributed by atoms with Crippen LogP contribution in [0.15, 0.2) is 12.7 Å². The summed E-state index contributed by atoms with van der Waals surface area (Å²) < 4.78 is 0. The first-order valence-electron chi connectivity index (χ1n) is 7.82. The van der Waals surface area contributed by atoms with Crippen molar-refractivity contribution in [2.45, 2.75) is 39.8 Å². The molecule has 0 aliphatic heterocycles. The third-order valence-electron chi connectivity index (χ3n) is 3.40. The first kappa shape index (κ1) is 23.4. The zero-order chi connectivity index (χ0) is 17.4. The molecule has 2 rings (SSSR count). The number of carbonyl (C=O) groups is 2. The van der Waals surface area contributed by atoms with E-state index in [2.05, 4.69) is 6.58 Å². The topological polar surface area (TPSA) is 37.4 Å². The maximum Gasteiger partial charge on any atom is 2.00 e. The third-order valence-corrected chi connectivity index (χ3v) is 3.40. The van der Waals surface area contributed by atoms with E-state index in [9.17, 15) is 9.59 Å². The Hall–Kier alpha value is -0.601. The van der Waals surface area contributed by atoms with Crippen LogP contribution in [-0.2, 0) is 26.7 Å². The predicted molar refractivity (Wildman–Crippen MR) is 93.2 cm³/mol. The van der Waals surface area contributed by atoms with Crippen molar-refractivity contribution >= 4 is 11.7 Å². The summed E-state index contributed by atoms with van der Waals surface area (Å²) in [6.07, 6.45) is 16.3. The van der Waals surface area contributed by atoms with Crippen molar-refractivity contribution in [2.24, 2.45) is 0 Å². The Kier molecular flexibility index (Phi) is 11.6. The Balaban J connectivity index is 0.000000751. The number of carbonyl (C=O) groups excluding carboxylic acids is 2. The average molecular weight is 367 g/mol. The van der Waals surface area contributed by atoms with Crippen LogP contribution in [0.1, 0.15) is 27.7 Å². The van der Waals surface area contributed by atoms with Gasteiger partial charge in [-0.15, -0.1) is 0 Å². The van der Waals surface area contributed by atoms with E-state index >= 15 is 0 Å². The summed E-state index contributed by atoms with van der Waals surface area (Å²) in [4.78, 5) is 25.9. The molecule has 0 unspecified atom stereocenters. The van der Waals surface area contributed by atoms with Crippen LogP contribution >= 0.6 is 0 Å². The fraction of sp³-hybridized carbons (Fsp3) is 0.300. The fourth-order valence-electron chi connectivity index (χ4n) is 2.46. The first-order valence-corrected chi connectivity index (χ1v) is 7.82. The summed E-state index contributed by atoms with van der Waals surface area (Å²) in [6, 6.07) is 0.193. The van der Waals surface area contributed by atoms with Crippen LogP contribution in [-0.4, -0.2) is 28.7 Å². The summed E-state index contributed by atoms with van der Waals surface area (Å²) in [5.41, 5.74) is 0. The SMILES string of the molecule is C=CC(=O)[C]1[CH][CH][CH][C]1C(=O)N(C(C)C)C(C)C.[CH]1[CH][CH][CH][CH]1.[Fe+2]. The van der Waals surface area contributed by atoms with Gasteiger partial charge in [0.1, 0.15) is 0 Å². The minimum Gasteiger partial charge on any atom is -0.337 e. The van der Waals surface area contributed by atoms with Crippen molar-refractivity contribution in [2.75, 3.05) is 0 Å². The van der Waals surface area contributed by atoms with Crippen molar-refractivity contribution in [3.63, 3.8) is 0 Å². The molecule has 0 aromatic carbocycles. The van der Waals surface area contributed by atoms with E-state index in [1.807, 2.05) is 59.8 Å². The Labute approximate surface area is 159 Å². The largest absolute Gasteiger partial charge is 2.00 e. The summed E-state index contributed by atoms with van der Waals surface area (Å²) in [6.45, 7) is 11.3. The van der Waals surface area contributed by atoms with Gasteiger partial charge in [0.05, 0.1) is 11.8 Å². The smallest absolute Gasteiger partial charge is 0.337 e. The molecular formula is C20H25FeNO2+2. The molecule has 1 amide bonds. The number of allylic oxidation sites excluding steroid dienone is 1. The Morgan fingerprint density at radius 1 is 0.875 bits per heavy atom. The van der Waals surface area contributed by atoms with Gasteiger partial charge in [-0.1, -0.05) is 6.58 Å². The Bertz CT molecular complexity index is 387. The summed E-state index contributed by atoms with van der Waals surface area (Å²) in [5, 5.41) is 0. The molecule has 3 nitrogen and oxygen atoms in total. The van der Waals surface area contributed by atoms with E-state index in [1.165, 1.54) is 6.08 Å². The van der Waals surface area contributed by atoms with Crippen LogP contribution < -0.4 is 0 Å². The van der Waals surface area contributed by atoms with Gasteiger partial charge in [-0.25, -0.2) is 0 Å². The Morgan fingerprint density at radius 3 is 1.67 bits per heavy atom. The quantitative estimate of drug-likeness (QED) is 0.553. The van der Waals surface area contributed by atoms with Gasteiger partial charge in [0.25, 0.3) is 0 Å². The molecule has 128 valence electrons. The van der Waals surface area contributed by atoms with Gasteiger partial charge in [-0.05, 0) is 85.1 Å². The molecule has 2 saturated carbocycles.